The lowest BCUT2D eigenvalue weighted by Crippen LogP contribution is -2.33. The molecule has 0 radical (unpaired) electrons. The average molecular weight is 325 g/mol. The smallest absolute Gasteiger partial charge is 0.324 e. The predicted octanol–water partition coefficient (Wildman–Crippen LogP) is 5.02. The molecule has 0 aromatic carbocycles. The lowest BCUT2D eigenvalue weighted by molar-refractivity contribution is -0.127. The van der Waals surface area contributed by atoms with Crippen LogP contribution in [0.25, 0.3) is 0 Å². The van der Waals surface area contributed by atoms with Gasteiger partial charge in [0.25, 0.3) is 0 Å². The minimum absolute atomic E-state index is 0.0110. The van der Waals surface area contributed by atoms with Crippen LogP contribution in [0.3, 0.4) is 0 Å². The second-order valence-corrected chi connectivity index (χ2v) is 6.77. The van der Waals surface area contributed by atoms with Gasteiger partial charge in [0.1, 0.15) is 0 Å². The summed E-state index contributed by atoms with van der Waals surface area (Å²) in [6.07, 6.45) is 17.5. The standard InChI is InChI=1S/C19H36N2O2/c1-2-3-4-5-6-7-8-9-10-11-12-13-14-15-18(22)21-17-16-20-19(21)23/h2-17H2,1H3,(H,20,23). The largest absolute Gasteiger partial charge is 0.336 e. The van der Waals surface area contributed by atoms with Crippen molar-refractivity contribution in [2.24, 2.45) is 0 Å². The van der Waals surface area contributed by atoms with E-state index in [4.69, 9.17) is 0 Å². The molecule has 1 fully saturated rings. The molecule has 0 unspecified atom stereocenters. The molecular formula is C19H36N2O2. The van der Waals surface area contributed by atoms with E-state index in [9.17, 15) is 9.59 Å². The van der Waals surface area contributed by atoms with Crippen LogP contribution in [0.15, 0.2) is 0 Å². The molecule has 0 aliphatic carbocycles. The highest BCUT2D eigenvalue weighted by atomic mass is 16.2. The van der Waals surface area contributed by atoms with Gasteiger partial charge in [-0.15, -0.1) is 0 Å². The molecule has 134 valence electrons. The molecule has 23 heavy (non-hydrogen) atoms. The molecule has 0 aromatic heterocycles. The monoisotopic (exact) mass is 324 g/mol. The first-order chi connectivity index (χ1) is 11.3. The number of hydrogen-bond donors (Lipinski definition) is 1. The minimum Gasteiger partial charge on any atom is -0.336 e. The summed E-state index contributed by atoms with van der Waals surface area (Å²) in [4.78, 5) is 24.5. The molecule has 1 N–H and O–H groups in total. The van der Waals surface area contributed by atoms with E-state index >= 15 is 0 Å². The number of rotatable bonds is 14. The molecule has 0 spiro atoms. The molecule has 4 heteroatoms. The zero-order chi connectivity index (χ0) is 16.8. The van der Waals surface area contributed by atoms with Crippen molar-refractivity contribution in [2.75, 3.05) is 13.1 Å². The lowest BCUT2D eigenvalue weighted by atomic mass is 10.0. The van der Waals surface area contributed by atoms with Gasteiger partial charge in [-0.25, -0.2) is 4.79 Å². The van der Waals surface area contributed by atoms with Gasteiger partial charge in [0, 0.05) is 19.5 Å². The normalized spacial score (nSPS) is 14.3. The third-order valence-electron chi connectivity index (χ3n) is 4.65. The average Bonchev–Trinajstić information content (AvgIpc) is 2.98. The third-order valence-corrected chi connectivity index (χ3v) is 4.65. The molecule has 1 heterocycles. The minimum atomic E-state index is -0.218. The van der Waals surface area contributed by atoms with Crippen LogP contribution >= 0.6 is 0 Å². The van der Waals surface area contributed by atoms with Crippen molar-refractivity contribution < 1.29 is 9.59 Å². The topological polar surface area (TPSA) is 49.4 Å². The van der Waals surface area contributed by atoms with Crippen molar-refractivity contribution in [3.63, 3.8) is 0 Å². The maximum absolute atomic E-state index is 11.8. The Morgan fingerprint density at radius 3 is 1.78 bits per heavy atom. The quantitative estimate of drug-likeness (QED) is 0.456. The fraction of sp³-hybridized carbons (Fsp3) is 0.895. The Morgan fingerprint density at radius 1 is 0.870 bits per heavy atom. The SMILES string of the molecule is CCCCCCCCCCCCCCCC(=O)N1CCNC1=O. The van der Waals surface area contributed by atoms with Crippen molar-refractivity contribution in [3.8, 4) is 0 Å². The van der Waals surface area contributed by atoms with Gasteiger partial charge in [-0.05, 0) is 6.42 Å². The van der Waals surface area contributed by atoms with Crippen LogP contribution in [-0.4, -0.2) is 29.9 Å². The Morgan fingerprint density at radius 2 is 1.35 bits per heavy atom. The molecule has 0 bridgehead atoms. The number of urea groups is 1. The van der Waals surface area contributed by atoms with Gasteiger partial charge in [-0.1, -0.05) is 84.0 Å². The van der Waals surface area contributed by atoms with E-state index in [0.717, 1.165) is 12.8 Å². The number of hydrogen-bond acceptors (Lipinski definition) is 2. The fourth-order valence-corrected chi connectivity index (χ4v) is 3.14. The Kier molecular flexibility index (Phi) is 11.6. The van der Waals surface area contributed by atoms with E-state index in [2.05, 4.69) is 12.2 Å². The summed E-state index contributed by atoms with van der Waals surface area (Å²) in [5, 5.41) is 2.67. The molecule has 1 saturated heterocycles. The van der Waals surface area contributed by atoms with Gasteiger partial charge in [0.2, 0.25) is 5.91 Å². The molecule has 3 amide bonds. The van der Waals surface area contributed by atoms with Crippen LogP contribution in [0, 0.1) is 0 Å². The number of nitrogens with zero attached hydrogens (tertiary/aromatic N) is 1. The number of imide groups is 1. The molecular weight excluding hydrogens is 288 g/mol. The van der Waals surface area contributed by atoms with Crippen LogP contribution in [-0.2, 0) is 4.79 Å². The van der Waals surface area contributed by atoms with Gasteiger partial charge in [0.15, 0.2) is 0 Å². The first-order valence-corrected chi connectivity index (χ1v) is 9.84. The predicted molar refractivity (Wildman–Crippen MR) is 95.4 cm³/mol. The van der Waals surface area contributed by atoms with E-state index in [-0.39, 0.29) is 11.9 Å². The van der Waals surface area contributed by atoms with Crippen molar-refractivity contribution in [3.05, 3.63) is 0 Å². The van der Waals surface area contributed by atoms with Gasteiger partial charge in [-0.3, -0.25) is 9.69 Å². The highest BCUT2D eigenvalue weighted by Gasteiger charge is 2.25. The number of unbranched alkanes of at least 4 members (excludes halogenated alkanes) is 12. The number of carbonyl (C=O) groups is 2. The van der Waals surface area contributed by atoms with Crippen molar-refractivity contribution in [1.29, 1.82) is 0 Å². The number of amides is 3. The summed E-state index contributed by atoms with van der Waals surface area (Å²) in [5.41, 5.74) is 0. The molecule has 1 aliphatic heterocycles. The van der Waals surface area contributed by atoms with Crippen LogP contribution in [0.2, 0.25) is 0 Å². The zero-order valence-corrected chi connectivity index (χ0v) is 15.1. The summed E-state index contributed by atoms with van der Waals surface area (Å²) in [6, 6.07) is -0.218. The van der Waals surface area contributed by atoms with Crippen molar-refractivity contribution in [1.82, 2.24) is 10.2 Å². The van der Waals surface area contributed by atoms with E-state index in [1.807, 2.05) is 0 Å². The Balaban J connectivity index is 1.79. The van der Waals surface area contributed by atoms with Gasteiger partial charge >= 0.3 is 6.03 Å². The maximum atomic E-state index is 11.8. The molecule has 1 aliphatic rings. The van der Waals surface area contributed by atoms with Gasteiger partial charge in [-0.2, -0.15) is 0 Å². The van der Waals surface area contributed by atoms with E-state index < -0.39 is 0 Å². The number of nitrogens with one attached hydrogen (secondary N) is 1. The number of carbonyl (C=O) groups excluding carboxylic acids is 2. The summed E-state index contributed by atoms with van der Waals surface area (Å²) in [6.45, 7) is 3.40. The Labute approximate surface area is 142 Å². The summed E-state index contributed by atoms with van der Waals surface area (Å²) < 4.78 is 0. The van der Waals surface area contributed by atoms with Crippen LogP contribution in [0.4, 0.5) is 4.79 Å². The second-order valence-electron chi connectivity index (χ2n) is 6.77. The maximum Gasteiger partial charge on any atom is 0.324 e. The highest BCUT2D eigenvalue weighted by molar-refractivity contribution is 5.95. The van der Waals surface area contributed by atoms with Crippen LogP contribution < -0.4 is 5.32 Å². The first-order valence-electron chi connectivity index (χ1n) is 9.84. The van der Waals surface area contributed by atoms with Gasteiger partial charge in [0.05, 0.1) is 0 Å². The van der Waals surface area contributed by atoms with Crippen LogP contribution in [0.5, 0.6) is 0 Å². The molecule has 0 aromatic rings. The summed E-state index contributed by atoms with van der Waals surface area (Å²) in [5.74, 6) is -0.0110. The molecule has 0 saturated carbocycles. The lowest BCUT2D eigenvalue weighted by Gasteiger charge is -2.11. The Hall–Kier alpha value is -1.06. The second kappa shape index (κ2) is 13.4. The van der Waals surface area contributed by atoms with E-state index in [0.29, 0.717) is 19.5 Å². The zero-order valence-electron chi connectivity index (χ0n) is 15.1. The molecule has 0 atom stereocenters. The summed E-state index contributed by atoms with van der Waals surface area (Å²) in [7, 11) is 0. The van der Waals surface area contributed by atoms with Gasteiger partial charge < -0.3 is 5.32 Å². The van der Waals surface area contributed by atoms with E-state index in [1.54, 1.807) is 0 Å². The van der Waals surface area contributed by atoms with Crippen molar-refractivity contribution >= 4 is 11.9 Å². The highest BCUT2D eigenvalue weighted by Crippen LogP contribution is 2.13. The van der Waals surface area contributed by atoms with Crippen LogP contribution in [0.1, 0.15) is 96.8 Å². The van der Waals surface area contributed by atoms with Crippen molar-refractivity contribution in [2.45, 2.75) is 96.8 Å². The third kappa shape index (κ3) is 9.62. The molecule has 4 nitrogen and oxygen atoms in total. The fourth-order valence-electron chi connectivity index (χ4n) is 3.14. The Bertz CT molecular complexity index is 331. The first kappa shape index (κ1) is 20.0. The molecule has 1 rings (SSSR count). The summed E-state index contributed by atoms with van der Waals surface area (Å²) >= 11 is 0. The van der Waals surface area contributed by atoms with E-state index in [1.165, 1.54) is 75.5 Å².